The summed E-state index contributed by atoms with van der Waals surface area (Å²) in [5, 5.41) is 0. The molecule has 0 bridgehead atoms. The van der Waals surface area contributed by atoms with E-state index in [1.165, 1.54) is 11.1 Å². The zero-order chi connectivity index (χ0) is 15.9. The molecular weight excluding hydrogens is 284 g/mol. The molecular formula is C21H26O2. The summed E-state index contributed by atoms with van der Waals surface area (Å²) in [6.07, 6.45) is 2.44. The fourth-order valence-corrected chi connectivity index (χ4v) is 3.48. The van der Waals surface area contributed by atoms with Crippen LogP contribution >= 0.6 is 0 Å². The summed E-state index contributed by atoms with van der Waals surface area (Å²) < 4.78 is 11.8. The molecule has 1 fully saturated rings. The first kappa shape index (κ1) is 16.2. The SMILES string of the molecule is C[C@H]1CO[C@H](CCCOCc2ccccc2)[C@@H]1c1ccccc1. The molecule has 122 valence electrons. The van der Waals surface area contributed by atoms with Crippen molar-refractivity contribution in [2.75, 3.05) is 13.2 Å². The molecule has 2 aromatic carbocycles. The Kier molecular flexibility index (Phi) is 5.84. The third-order valence-corrected chi connectivity index (χ3v) is 4.66. The van der Waals surface area contributed by atoms with Crippen molar-refractivity contribution in [1.29, 1.82) is 0 Å². The van der Waals surface area contributed by atoms with Crippen molar-refractivity contribution < 1.29 is 9.47 Å². The molecule has 0 spiro atoms. The molecule has 1 aliphatic heterocycles. The molecule has 0 saturated carbocycles. The Hall–Kier alpha value is -1.64. The van der Waals surface area contributed by atoms with E-state index < -0.39 is 0 Å². The van der Waals surface area contributed by atoms with Gasteiger partial charge in [0.15, 0.2) is 0 Å². The average Bonchev–Trinajstić information content (AvgIpc) is 2.97. The summed E-state index contributed by atoms with van der Waals surface area (Å²) in [6.45, 7) is 4.66. The fourth-order valence-electron chi connectivity index (χ4n) is 3.48. The summed E-state index contributed by atoms with van der Waals surface area (Å²) >= 11 is 0. The number of ether oxygens (including phenoxy) is 2. The van der Waals surface area contributed by atoms with Crippen molar-refractivity contribution in [2.45, 2.75) is 38.4 Å². The van der Waals surface area contributed by atoms with Crippen LogP contribution < -0.4 is 0 Å². The zero-order valence-corrected chi connectivity index (χ0v) is 13.9. The maximum atomic E-state index is 6.04. The third kappa shape index (κ3) is 4.43. The van der Waals surface area contributed by atoms with Gasteiger partial charge in [0, 0.05) is 12.5 Å². The van der Waals surface area contributed by atoms with Crippen LogP contribution in [0, 0.1) is 5.92 Å². The van der Waals surface area contributed by atoms with Gasteiger partial charge >= 0.3 is 0 Å². The normalized spacial score (nSPS) is 24.0. The predicted molar refractivity (Wildman–Crippen MR) is 93.4 cm³/mol. The summed E-state index contributed by atoms with van der Waals surface area (Å²) in [6, 6.07) is 21.1. The molecule has 2 nitrogen and oxygen atoms in total. The van der Waals surface area contributed by atoms with E-state index in [1.54, 1.807) is 0 Å². The van der Waals surface area contributed by atoms with E-state index in [2.05, 4.69) is 61.5 Å². The molecule has 0 unspecified atom stereocenters. The summed E-state index contributed by atoms with van der Waals surface area (Å²) in [7, 11) is 0. The number of hydrogen-bond donors (Lipinski definition) is 0. The van der Waals surface area contributed by atoms with Crippen molar-refractivity contribution in [1.82, 2.24) is 0 Å². The Bertz CT molecular complexity index is 567. The van der Waals surface area contributed by atoms with Crippen molar-refractivity contribution in [3.05, 3.63) is 71.8 Å². The van der Waals surface area contributed by atoms with E-state index >= 15 is 0 Å². The summed E-state index contributed by atoms with van der Waals surface area (Å²) in [5.74, 6) is 1.11. The molecule has 0 radical (unpaired) electrons. The lowest BCUT2D eigenvalue weighted by molar-refractivity contribution is 0.0715. The smallest absolute Gasteiger partial charge is 0.0716 e. The van der Waals surface area contributed by atoms with E-state index in [4.69, 9.17) is 9.47 Å². The molecule has 3 atom stereocenters. The second-order valence-corrected chi connectivity index (χ2v) is 6.47. The highest BCUT2D eigenvalue weighted by atomic mass is 16.5. The highest BCUT2D eigenvalue weighted by Gasteiger charge is 2.34. The first-order valence-corrected chi connectivity index (χ1v) is 8.63. The lowest BCUT2D eigenvalue weighted by atomic mass is 9.84. The fraction of sp³-hybridized carbons (Fsp3) is 0.429. The van der Waals surface area contributed by atoms with Crippen molar-refractivity contribution in [2.24, 2.45) is 5.92 Å². The maximum Gasteiger partial charge on any atom is 0.0716 e. The molecule has 1 saturated heterocycles. The number of benzene rings is 2. The lowest BCUT2D eigenvalue weighted by Crippen LogP contribution is -2.18. The molecule has 0 N–H and O–H groups in total. The Balaban J connectivity index is 1.44. The average molecular weight is 310 g/mol. The van der Waals surface area contributed by atoms with Gasteiger partial charge in [0.25, 0.3) is 0 Å². The van der Waals surface area contributed by atoms with Crippen LogP contribution in [0.4, 0.5) is 0 Å². The van der Waals surface area contributed by atoms with Crippen LogP contribution in [-0.4, -0.2) is 19.3 Å². The van der Waals surface area contributed by atoms with Gasteiger partial charge in [-0.3, -0.25) is 0 Å². The monoisotopic (exact) mass is 310 g/mol. The van der Waals surface area contributed by atoms with E-state index in [0.717, 1.165) is 26.1 Å². The first-order valence-electron chi connectivity index (χ1n) is 8.63. The van der Waals surface area contributed by atoms with Crippen molar-refractivity contribution in [3.63, 3.8) is 0 Å². The van der Waals surface area contributed by atoms with Crippen molar-refractivity contribution >= 4 is 0 Å². The van der Waals surface area contributed by atoms with Gasteiger partial charge in [-0.1, -0.05) is 67.6 Å². The van der Waals surface area contributed by atoms with Crippen LogP contribution in [0.5, 0.6) is 0 Å². The Morgan fingerprint density at radius 2 is 1.70 bits per heavy atom. The number of rotatable bonds is 7. The van der Waals surface area contributed by atoms with E-state index in [0.29, 0.717) is 24.5 Å². The van der Waals surface area contributed by atoms with Crippen LogP contribution in [0.15, 0.2) is 60.7 Å². The topological polar surface area (TPSA) is 18.5 Å². The van der Waals surface area contributed by atoms with E-state index in [9.17, 15) is 0 Å². The Morgan fingerprint density at radius 1 is 1.00 bits per heavy atom. The van der Waals surface area contributed by atoms with Crippen LogP contribution in [0.1, 0.15) is 36.8 Å². The summed E-state index contributed by atoms with van der Waals surface area (Å²) in [4.78, 5) is 0. The molecule has 1 heterocycles. The zero-order valence-electron chi connectivity index (χ0n) is 13.9. The van der Waals surface area contributed by atoms with Gasteiger partial charge in [-0.25, -0.2) is 0 Å². The minimum absolute atomic E-state index is 0.327. The van der Waals surface area contributed by atoms with Gasteiger partial charge in [-0.15, -0.1) is 0 Å². The van der Waals surface area contributed by atoms with Gasteiger partial charge in [-0.2, -0.15) is 0 Å². The second-order valence-electron chi connectivity index (χ2n) is 6.47. The Morgan fingerprint density at radius 3 is 2.43 bits per heavy atom. The van der Waals surface area contributed by atoms with Crippen LogP contribution in [0.2, 0.25) is 0 Å². The van der Waals surface area contributed by atoms with Crippen LogP contribution in [0.25, 0.3) is 0 Å². The van der Waals surface area contributed by atoms with Crippen molar-refractivity contribution in [3.8, 4) is 0 Å². The molecule has 23 heavy (non-hydrogen) atoms. The predicted octanol–water partition coefficient (Wildman–Crippen LogP) is 4.80. The van der Waals surface area contributed by atoms with E-state index in [1.807, 2.05) is 6.07 Å². The van der Waals surface area contributed by atoms with Crippen LogP contribution in [-0.2, 0) is 16.1 Å². The van der Waals surface area contributed by atoms with Gasteiger partial charge in [0.2, 0.25) is 0 Å². The molecule has 2 aromatic rings. The van der Waals surface area contributed by atoms with Gasteiger partial charge in [-0.05, 0) is 29.9 Å². The van der Waals surface area contributed by atoms with Crippen LogP contribution in [0.3, 0.4) is 0 Å². The molecule has 0 aliphatic carbocycles. The largest absolute Gasteiger partial charge is 0.377 e. The van der Waals surface area contributed by atoms with E-state index in [-0.39, 0.29) is 0 Å². The Labute approximate surface area is 139 Å². The highest BCUT2D eigenvalue weighted by Crippen LogP contribution is 2.37. The summed E-state index contributed by atoms with van der Waals surface area (Å²) in [5.41, 5.74) is 2.65. The molecule has 2 heteroatoms. The first-order chi connectivity index (χ1) is 11.3. The quantitative estimate of drug-likeness (QED) is 0.684. The lowest BCUT2D eigenvalue weighted by Gasteiger charge is -2.21. The minimum atomic E-state index is 0.327. The van der Waals surface area contributed by atoms with Gasteiger partial charge in [0.1, 0.15) is 0 Å². The third-order valence-electron chi connectivity index (χ3n) is 4.66. The highest BCUT2D eigenvalue weighted by molar-refractivity contribution is 5.22. The molecule has 1 aliphatic rings. The molecule has 0 amide bonds. The molecule has 3 rings (SSSR count). The second kappa shape index (κ2) is 8.28. The van der Waals surface area contributed by atoms with Gasteiger partial charge in [0.05, 0.1) is 19.3 Å². The van der Waals surface area contributed by atoms with Gasteiger partial charge < -0.3 is 9.47 Å². The standard InChI is InChI=1S/C21H26O2/c1-17-15-23-20(21(17)19-11-6-3-7-12-19)13-8-14-22-16-18-9-4-2-5-10-18/h2-7,9-12,17,20-21H,8,13-16H2,1H3/t17-,20+,21-/m0/s1. The molecule has 0 aromatic heterocycles. The number of hydrogen-bond acceptors (Lipinski definition) is 2. The maximum absolute atomic E-state index is 6.04. The minimum Gasteiger partial charge on any atom is -0.377 e.